The number of thiol groups is 1. The van der Waals surface area contributed by atoms with Crippen molar-refractivity contribution in [3.63, 3.8) is 0 Å². The van der Waals surface area contributed by atoms with Crippen molar-refractivity contribution < 1.29 is 13.2 Å². The molecule has 0 N–H and O–H groups in total. The lowest BCUT2D eigenvalue weighted by atomic mass is 9.92. The maximum Gasteiger partial charge on any atom is 0.252 e. The van der Waals surface area contributed by atoms with Gasteiger partial charge in [-0.2, -0.15) is 0 Å². The van der Waals surface area contributed by atoms with E-state index in [1.54, 1.807) is 6.07 Å². The van der Waals surface area contributed by atoms with Crippen LogP contribution in [0.2, 0.25) is 0 Å². The Bertz CT molecular complexity index is 525. The lowest BCUT2D eigenvalue weighted by Crippen LogP contribution is -2.05. The average molecular weight is 289 g/mol. The van der Waals surface area contributed by atoms with E-state index in [2.05, 4.69) is 0 Å². The molecule has 18 heavy (non-hydrogen) atoms. The average Bonchev–Trinajstić information content (AvgIpc) is 2.27. The minimum Gasteiger partial charge on any atom is -0.276 e. The predicted molar refractivity (Wildman–Crippen MR) is 74.1 cm³/mol. The molecule has 0 aliphatic carbocycles. The zero-order chi connectivity index (χ0) is 13.9. The second-order valence-corrected chi connectivity index (χ2v) is 5.81. The molecule has 0 amide bonds. The molecule has 0 saturated heterocycles. The van der Waals surface area contributed by atoms with Crippen molar-refractivity contribution in [2.75, 3.05) is 0 Å². The lowest BCUT2D eigenvalue weighted by Gasteiger charge is -2.15. The first-order valence-corrected chi connectivity index (χ1v) is 7.58. The Hall–Kier alpha value is -0.870. The molecular weight excluding hydrogens is 272 g/mol. The third kappa shape index (κ3) is 3.56. The second-order valence-electron chi connectivity index (χ2n) is 4.48. The van der Waals surface area contributed by atoms with Gasteiger partial charge >= 0.3 is 0 Å². The molecule has 0 atom stereocenters. The van der Waals surface area contributed by atoms with E-state index in [1.165, 1.54) is 0 Å². The highest BCUT2D eigenvalue weighted by molar-refractivity contribution is 7.71. The Kier molecular flexibility index (Phi) is 5.35. The molecular formula is C13H17ClO3S. The first-order chi connectivity index (χ1) is 8.36. The van der Waals surface area contributed by atoms with Crippen LogP contribution < -0.4 is 0 Å². The van der Waals surface area contributed by atoms with Crippen LogP contribution in [0.4, 0.5) is 0 Å². The van der Waals surface area contributed by atoms with Gasteiger partial charge in [-0.05, 0) is 46.7 Å². The Morgan fingerprint density at radius 1 is 1.28 bits per heavy atom. The van der Waals surface area contributed by atoms with Gasteiger partial charge in [-0.25, -0.2) is 8.42 Å². The quantitative estimate of drug-likeness (QED) is 0.669. The van der Waals surface area contributed by atoms with Crippen molar-refractivity contribution in [1.82, 2.24) is 0 Å². The molecule has 3 nitrogen and oxygen atoms in total. The van der Waals surface area contributed by atoms with Crippen LogP contribution in [0.3, 0.4) is 0 Å². The number of benzene rings is 1. The summed E-state index contributed by atoms with van der Waals surface area (Å²) in [5, 5.41) is -0.537. The van der Waals surface area contributed by atoms with Crippen LogP contribution in [0.15, 0.2) is 12.1 Å². The highest BCUT2D eigenvalue weighted by atomic mass is 35.5. The van der Waals surface area contributed by atoms with Crippen molar-refractivity contribution in [3.05, 3.63) is 34.4 Å². The van der Waals surface area contributed by atoms with Crippen LogP contribution in [-0.4, -0.2) is 13.7 Å². The Morgan fingerprint density at radius 2 is 1.89 bits per heavy atom. The summed E-state index contributed by atoms with van der Waals surface area (Å²) in [5.41, 5.74) is 2.91. The van der Waals surface area contributed by atoms with Gasteiger partial charge in [-0.15, -0.1) is 0 Å². The van der Waals surface area contributed by atoms with Gasteiger partial charge in [0.15, 0.2) is 0 Å². The van der Waals surface area contributed by atoms with E-state index in [0.29, 0.717) is 17.5 Å². The van der Waals surface area contributed by atoms with Crippen LogP contribution in [-0.2, 0) is 22.9 Å². The summed E-state index contributed by atoms with van der Waals surface area (Å²) < 4.78 is 21.8. The van der Waals surface area contributed by atoms with Crippen molar-refractivity contribution >= 4 is 27.5 Å². The summed E-state index contributed by atoms with van der Waals surface area (Å²) >= 11 is 5.54. The molecule has 0 aromatic heterocycles. The van der Waals surface area contributed by atoms with Gasteiger partial charge < -0.3 is 0 Å². The standard InChI is InChI=1S/C13H17ClO3S/c1-4-9-5-11(8(2)3)10(7-18(16)17)6-12(9)13(14)15/h5-6,8,18H,4,7H2,1-3H3. The number of carbonyl (C=O) groups is 1. The number of rotatable bonds is 5. The van der Waals surface area contributed by atoms with Crippen molar-refractivity contribution in [2.24, 2.45) is 0 Å². The molecule has 1 aromatic rings. The smallest absolute Gasteiger partial charge is 0.252 e. The lowest BCUT2D eigenvalue weighted by molar-refractivity contribution is 0.108. The first-order valence-electron chi connectivity index (χ1n) is 5.84. The zero-order valence-corrected chi connectivity index (χ0v) is 12.3. The van der Waals surface area contributed by atoms with Crippen molar-refractivity contribution in [3.8, 4) is 0 Å². The summed E-state index contributed by atoms with van der Waals surface area (Å²) in [5.74, 6) is 0.157. The number of halogens is 1. The predicted octanol–water partition coefficient (Wildman–Crippen LogP) is 2.86. The van der Waals surface area contributed by atoms with E-state index < -0.39 is 15.9 Å². The summed E-state index contributed by atoms with van der Waals surface area (Å²) in [6.45, 7) is 5.94. The molecule has 0 spiro atoms. The molecule has 0 aliphatic rings. The van der Waals surface area contributed by atoms with Crippen LogP contribution in [0.25, 0.3) is 0 Å². The summed E-state index contributed by atoms with van der Waals surface area (Å²) in [6.07, 6.45) is 0.692. The highest BCUT2D eigenvalue weighted by Gasteiger charge is 2.15. The van der Waals surface area contributed by atoms with Gasteiger partial charge in [0.05, 0.1) is 5.75 Å². The zero-order valence-electron chi connectivity index (χ0n) is 10.7. The number of hydrogen-bond acceptors (Lipinski definition) is 3. The van der Waals surface area contributed by atoms with Crippen LogP contribution >= 0.6 is 11.6 Å². The minimum atomic E-state index is -2.52. The SMILES string of the molecule is CCc1cc(C(C)C)c(C[SH](=O)=O)cc1C(=O)Cl. The van der Waals surface area contributed by atoms with Crippen molar-refractivity contribution in [1.29, 1.82) is 0 Å². The van der Waals surface area contributed by atoms with E-state index in [0.717, 1.165) is 11.1 Å². The monoisotopic (exact) mass is 288 g/mol. The van der Waals surface area contributed by atoms with E-state index in [4.69, 9.17) is 11.6 Å². The fraction of sp³-hybridized carbons (Fsp3) is 0.462. The fourth-order valence-corrected chi connectivity index (χ4v) is 2.73. The van der Waals surface area contributed by atoms with Gasteiger partial charge in [-0.3, -0.25) is 4.79 Å². The highest BCUT2D eigenvalue weighted by Crippen LogP contribution is 2.26. The number of aryl methyl sites for hydroxylation is 1. The first kappa shape index (κ1) is 15.2. The molecule has 100 valence electrons. The molecule has 1 rings (SSSR count). The second kappa shape index (κ2) is 6.34. The molecule has 0 unspecified atom stereocenters. The maximum absolute atomic E-state index is 11.4. The molecule has 0 radical (unpaired) electrons. The molecule has 5 heteroatoms. The number of carbonyl (C=O) groups excluding carboxylic acids is 1. The molecule has 0 aliphatic heterocycles. The van der Waals surface area contributed by atoms with Crippen LogP contribution in [0.5, 0.6) is 0 Å². The molecule has 0 bridgehead atoms. The van der Waals surface area contributed by atoms with Gasteiger partial charge in [-0.1, -0.05) is 26.8 Å². The molecule has 0 saturated carbocycles. The molecule has 0 heterocycles. The summed E-state index contributed by atoms with van der Waals surface area (Å²) in [7, 11) is -2.52. The van der Waals surface area contributed by atoms with Crippen LogP contribution in [0, 0.1) is 0 Å². The number of hydrogen-bond donors (Lipinski definition) is 1. The van der Waals surface area contributed by atoms with Gasteiger partial charge in [0.2, 0.25) is 0 Å². The van der Waals surface area contributed by atoms with Gasteiger partial charge in [0.1, 0.15) is 10.7 Å². The molecule has 1 aromatic carbocycles. The van der Waals surface area contributed by atoms with E-state index >= 15 is 0 Å². The maximum atomic E-state index is 11.4. The summed E-state index contributed by atoms with van der Waals surface area (Å²) in [4.78, 5) is 11.4. The fourth-order valence-electron chi connectivity index (χ4n) is 2.00. The van der Waals surface area contributed by atoms with E-state index in [9.17, 15) is 13.2 Å². The Labute approximate surface area is 114 Å². The van der Waals surface area contributed by atoms with E-state index in [-0.39, 0.29) is 11.7 Å². The van der Waals surface area contributed by atoms with Crippen molar-refractivity contribution in [2.45, 2.75) is 38.9 Å². The largest absolute Gasteiger partial charge is 0.276 e. The molecule has 0 fully saturated rings. The Morgan fingerprint density at radius 3 is 2.28 bits per heavy atom. The van der Waals surface area contributed by atoms with Gasteiger partial charge in [0, 0.05) is 5.56 Å². The minimum absolute atomic E-state index is 0.0516. The van der Waals surface area contributed by atoms with E-state index in [1.807, 2.05) is 26.8 Å². The van der Waals surface area contributed by atoms with Crippen LogP contribution in [0.1, 0.15) is 53.7 Å². The third-order valence-corrected chi connectivity index (χ3v) is 3.68. The topological polar surface area (TPSA) is 51.2 Å². The summed E-state index contributed by atoms with van der Waals surface area (Å²) in [6, 6.07) is 3.52. The van der Waals surface area contributed by atoms with Gasteiger partial charge in [0.25, 0.3) is 5.24 Å². The Balaban J connectivity index is 3.46. The normalized spacial score (nSPS) is 11.2. The third-order valence-electron chi connectivity index (χ3n) is 2.88.